The minimum Gasteiger partial charge on any atom is -0.497 e. The van der Waals surface area contributed by atoms with E-state index < -0.39 is 21.6 Å². The van der Waals surface area contributed by atoms with Crippen LogP contribution in [0.15, 0.2) is 54.6 Å². The number of carbonyl (C=O) groups excluding carboxylic acids is 2. The second kappa shape index (κ2) is 14.3. The highest BCUT2D eigenvalue weighted by Gasteiger charge is 2.25. The van der Waals surface area contributed by atoms with E-state index in [0.717, 1.165) is 34.9 Å². The van der Waals surface area contributed by atoms with Gasteiger partial charge in [-0.3, -0.25) is 9.59 Å². The van der Waals surface area contributed by atoms with Crippen molar-refractivity contribution in [2.75, 3.05) is 33.5 Å². The van der Waals surface area contributed by atoms with E-state index in [0.29, 0.717) is 29.3 Å². The van der Waals surface area contributed by atoms with Crippen LogP contribution in [0.2, 0.25) is 0 Å². The maximum absolute atomic E-state index is 13.3. The Morgan fingerprint density at radius 2 is 1.59 bits per heavy atom. The first-order valence-corrected chi connectivity index (χ1v) is 15.4. The van der Waals surface area contributed by atoms with Crippen LogP contribution in [0.4, 0.5) is 0 Å². The lowest BCUT2D eigenvalue weighted by molar-refractivity contribution is -0.132. The first-order chi connectivity index (χ1) is 18.6. The number of Topliss-reactive ketones (excluding diaryl/α,β-unsaturated/α-hetero) is 1. The Hall–Kier alpha value is -3.08. The standard InChI is InChI=1S/C29H37N3O5S2/c1-22-29(26(33)21-39(35,36)31(2)3)30-27(38-22)20-32(19-9-13-23-10-6-5-7-11-23)28(34)14-8-12-24-15-17-25(37-4)18-16-24/h5-7,10-11,15-18H,8-9,12-14,19-21H2,1-4H3. The summed E-state index contributed by atoms with van der Waals surface area (Å²) in [5.74, 6) is -0.331. The predicted molar refractivity (Wildman–Crippen MR) is 155 cm³/mol. The van der Waals surface area contributed by atoms with Gasteiger partial charge < -0.3 is 9.64 Å². The van der Waals surface area contributed by atoms with Gasteiger partial charge in [0.05, 0.1) is 13.7 Å². The van der Waals surface area contributed by atoms with Gasteiger partial charge in [0.25, 0.3) is 0 Å². The molecule has 0 aliphatic rings. The molecule has 39 heavy (non-hydrogen) atoms. The molecule has 0 aliphatic heterocycles. The molecule has 0 saturated heterocycles. The van der Waals surface area contributed by atoms with Gasteiger partial charge >= 0.3 is 0 Å². The summed E-state index contributed by atoms with van der Waals surface area (Å²) in [5.41, 5.74) is 2.52. The maximum atomic E-state index is 13.3. The fourth-order valence-corrected chi connectivity index (χ4v) is 5.80. The number of rotatable bonds is 15. The minimum absolute atomic E-state index is 0.0347. The first kappa shape index (κ1) is 30.5. The lowest BCUT2D eigenvalue weighted by Gasteiger charge is -2.22. The lowest BCUT2D eigenvalue weighted by atomic mass is 10.1. The van der Waals surface area contributed by atoms with Crippen molar-refractivity contribution in [1.82, 2.24) is 14.2 Å². The van der Waals surface area contributed by atoms with Gasteiger partial charge in [0.15, 0.2) is 5.78 Å². The molecule has 0 bridgehead atoms. The Morgan fingerprint density at radius 3 is 2.23 bits per heavy atom. The van der Waals surface area contributed by atoms with Crippen LogP contribution in [-0.4, -0.2) is 67.8 Å². The zero-order chi connectivity index (χ0) is 28.4. The van der Waals surface area contributed by atoms with E-state index in [1.165, 1.54) is 31.0 Å². The molecule has 0 spiro atoms. The van der Waals surface area contributed by atoms with E-state index in [4.69, 9.17) is 4.74 Å². The third-order valence-corrected chi connectivity index (χ3v) is 9.10. The van der Waals surface area contributed by atoms with Crippen LogP contribution in [0.3, 0.4) is 0 Å². The van der Waals surface area contributed by atoms with Crippen LogP contribution in [-0.2, 0) is 34.2 Å². The summed E-state index contributed by atoms with van der Waals surface area (Å²) in [6, 6.07) is 18.0. The normalized spacial score (nSPS) is 11.5. The summed E-state index contributed by atoms with van der Waals surface area (Å²) in [6.45, 7) is 2.61. The van der Waals surface area contributed by atoms with E-state index in [1.54, 1.807) is 18.9 Å². The fraction of sp³-hybridized carbons (Fsp3) is 0.414. The third-order valence-electron chi connectivity index (χ3n) is 6.41. The second-order valence-corrected chi connectivity index (χ2v) is 13.1. The van der Waals surface area contributed by atoms with Crippen molar-refractivity contribution in [1.29, 1.82) is 0 Å². The summed E-state index contributed by atoms with van der Waals surface area (Å²) in [7, 11) is 0.742. The Morgan fingerprint density at radius 1 is 0.949 bits per heavy atom. The van der Waals surface area contributed by atoms with Crippen LogP contribution in [0.5, 0.6) is 5.75 Å². The molecule has 0 radical (unpaired) electrons. The summed E-state index contributed by atoms with van der Waals surface area (Å²) >= 11 is 1.33. The SMILES string of the molecule is COc1ccc(CCCC(=O)N(CCCc2ccccc2)Cc2nc(C(=O)CS(=O)(=O)N(C)C)c(C)s2)cc1. The lowest BCUT2D eigenvalue weighted by Crippen LogP contribution is -2.32. The van der Waals surface area contributed by atoms with Crippen LogP contribution in [0.25, 0.3) is 0 Å². The predicted octanol–water partition coefficient (Wildman–Crippen LogP) is 4.52. The monoisotopic (exact) mass is 571 g/mol. The highest BCUT2D eigenvalue weighted by Crippen LogP contribution is 2.22. The topological polar surface area (TPSA) is 96.9 Å². The molecule has 0 atom stereocenters. The molecule has 0 aliphatic carbocycles. The average molecular weight is 572 g/mol. The number of hydrogen-bond acceptors (Lipinski definition) is 7. The Balaban J connectivity index is 1.67. The van der Waals surface area contributed by atoms with Crippen LogP contribution >= 0.6 is 11.3 Å². The molecule has 8 nitrogen and oxygen atoms in total. The van der Waals surface area contributed by atoms with Gasteiger partial charge in [-0.2, -0.15) is 0 Å². The first-order valence-electron chi connectivity index (χ1n) is 12.9. The number of sulfonamides is 1. The Bertz CT molecular complexity index is 1340. The van der Waals surface area contributed by atoms with Gasteiger partial charge in [-0.1, -0.05) is 42.5 Å². The molecular weight excluding hydrogens is 534 g/mol. The van der Waals surface area contributed by atoms with Gasteiger partial charge in [0.1, 0.15) is 22.2 Å². The number of carbonyl (C=O) groups is 2. The Kier molecular flexibility index (Phi) is 11.2. The van der Waals surface area contributed by atoms with E-state index in [-0.39, 0.29) is 18.1 Å². The third kappa shape index (κ3) is 9.26. The molecule has 0 fully saturated rings. The van der Waals surface area contributed by atoms with E-state index in [2.05, 4.69) is 17.1 Å². The molecule has 2 aromatic carbocycles. The highest BCUT2D eigenvalue weighted by molar-refractivity contribution is 7.89. The molecule has 0 saturated carbocycles. The number of thiazole rings is 1. The largest absolute Gasteiger partial charge is 0.497 e. The zero-order valence-corrected chi connectivity index (χ0v) is 24.7. The number of aryl methyl sites for hydroxylation is 3. The van der Waals surface area contributed by atoms with Crippen molar-refractivity contribution in [2.24, 2.45) is 0 Å². The van der Waals surface area contributed by atoms with Gasteiger partial charge in [0.2, 0.25) is 15.9 Å². The number of ketones is 1. The number of nitrogens with zero attached hydrogens (tertiary/aromatic N) is 3. The average Bonchev–Trinajstić information content (AvgIpc) is 3.28. The number of benzene rings is 2. The summed E-state index contributed by atoms with van der Waals surface area (Å²) in [4.78, 5) is 32.9. The maximum Gasteiger partial charge on any atom is 0.222 e. The quantitative estimate of drug-likeness (QED) is 0.249. The molecule has 3 aromatic rings. The van der Waals surface area contributed by atoms with Crippen LogP contribution in [0.1, 0.15) is 50.8 Å². The molecular formula is C29H37N3O5S2. The molecule has 1 amide bonds. The van der Waals surface area contributed by atoms with E-state index >= 15 is 0 Å². The van der Waals surface area contributed by atoms with Crippen molar-refractivity contribution in [3.8, 4) is 5.75 Å². The number of methoxy groups -OCH3 is 1. The smallest absolute Gasteiger partial charge is 0.222 e. The van der Waals surface area contributed by atoms with Gasteiger partial charge in [-0.25, -0.2) is 17.7 Å². The van der Waals surface area contributed by atoms with Gasteiger partial charge in [-0.15, -0.1) is 11.3 Å². The van der Waals surface area contributed by atoms with E-state index in [9.17, 15) is 18.0 Å². The van der Waals surface area contributed by atoms with Gasteiger partial charge in [0, 0.05) is 31.9 Å². The number of ether oxygens (including phenoxy) is 1. The van der Waals surface area contributed by atoms with Gasteiger partial charge in [-0.05, 0) is 55.9 Å². The summed E-state index contributed by atoms with van der Waals surface area (Å²) < 4.78 is 30.6. The number of amides is 1. The van der Waals surface area contributed by atoms with Crippen molar-refractivity contribution < 1.29 is 22.7 Å². The zero-order valence-electron chi connectivity index (χ0n) is 23.1. The molecule has 0 unspecified atom stereocenters. The Labute approximate surface area is 235 Å². The fourth-order valence-electron chi connectivity index (χ4n) is 4.11. The molecule has 1 aromatic heterocycles. The van der Waals surface area contributed by atoms with Crippen molar-refractivity contribution in [3.05, 3.63) is 81.3 Å². The molecule has 1 heterocycles. The van der Waals surface area contributed by atoms with Crippen molar-refractivity contribution in [3.63, 3.8) is 0 Å². The highest BCUT2D eigenvalue weighted by atomic mass is 32.2. The molecule has 10 heteroatoms. The molecule has 210 valence electrons. The molecule has 0 N–H and O–H groups in total. The second-order valence-electron chi connectivity index (χ2n) is 9.58. The molecule has 3 rings (SSSR count). The summed E-state index contributed by atoms with van der Waals surface area (Å²) in [6.07, 6.45) is 3.53. The van der Waals surface area contributed by atoms with E-state index in [1.807, 2.05) is 42.5 Å². The number of aromatic nitrogens is 1. The van der Waals surface area contributed by atoms with Crippen molar-refractivity contribution >= 4 is 33.1 Å². The van der Waals surface area contributed by atoms with Crippen LogP contribution in [0, 0.1) is 6.92 Å². The van der Waals surface area contributed by atoms with Crippen molar-refractivity contribution in [2.45, 2.75) is 45.6 Å². The minimum atomic E-state index is -3.69. The van der Waals surface area contributed by atoms with Crippen LogP contribution < -0.4 is 4.74 Å². The number of hydrogen-bond donors (Lipinski definition) is 0. The summed E-state index contributed by atoms with van der Waals surface area (Å²) in [5, 5.41) is 0.626.